The number of amides is 4. The zero-order valence-corrected chi connectivity index (χ0v) is 38.6. The number of halogens is 2. The first-order chi connectivity index (χ1) is 29.2. The second-order valence-electron chi connectivity index (χ2n) is 18.8. The number of aromatic nitrogens is 4. The van der Waals surface area contributed by atoms with Crippen molar-refractivity contribution in [2.24, 2.45) is 0 Å². The molecule has 2 aromatic heterocycles. The molecule has 0 saturated carbocycles. The molecular formula is C42H56F2N10O6Si2. The minimum absolute atomic E-state index is 0.190. The molecule has 2 N–H and O–H groups in total. The fraction of sp³-hybridized carbons (Fsp3) is 0.476. The van der Waals surface area contributed by atoms with Crippen molar-refractivity contribution in [1.29, 1.82) is 0 Å². The Labute approximate surface area is 362 Å². The number of nitrogens with zero attached hydrogens (tertiary/aromatic N) is 8. The van der Waals surface area contributed by atoms with E-state index >= 15 is 4.39 Å². The number of nitrogens with one attached hydrogen (secondary N) is 2. The Bertz CT molecular complexity index is 2340. The number of carbonyl (C=O) groups excluding carboxylic acids is 4. The molecule has 4 aromatic rings. The van der Waals surface area contributed by atoms with Gasteiger partial charge in [0.05, 0.1) is 95.8 Å². The topological polar surface area (TPSA) is 159 Å². The van der Waals surface area contributed by atoms with E-state index in [9.17, 15) is 23.6 Å². The first-order valence-electron chi connectivity index (χ1n) is 20.8. The third-order valence-corrected chi connectivity index (χ3v) is 13.2. The zero-order valence-electron chi connectivity index (χ0n) is 36.6. The summed E-state index contributed by atoms with van der Waals surface area (Å²) in [7, 11) is -2.59. The maximum absolute atomic E-state index is 15.0. The third kappa shape index (κ3) is 10.5. The van der Waals surface area contributed by atoms with Crippen LogP contribution in [0.4, 0.5) is 41.1 Å². The summed E-state index contributed by atoms with van der Waals surface area (Å²) in [6, 6.07) is 9.59. The second kappa shape index (κ2) is 17.5. The fourth-order valence-corrected chi connectivity index (χ4v) is 10.2. The predicted molar refractivity (Wildman–Crippen MR) is 236 cm³/mol. The molecule has 8 rings (SSSR count). The highest BCUT2D eigenvalue weighted by Crippen LogP contribution is 2.35. The summed E-state index contributed by atoms with van der Waals surface area (Å²) in [4.78, 5) is 53.2. The van der Waals surface area contributed by atoms with Crippen molar-refractivity contribution >= 4 is 62.9 Å². The quantitative estimate of drug-likeness (QED) is 0.168. The molecule has 0 radical (unpaired) electrons. The van der Waals surface area contributed by atoms with Crippen LogP contribution in [-0.4, -0.2) is 98.1 Å². The first-order valence-corrected chi connectivity index (χ1v) is 28.2. The van der Waals surface area contributed by atoms with Gasteiger partial charge in [-0.1, -0.05) is 39.3 Å². The van der Waals surface area contributed by atoms with Gasteiger partial charge >= 0.3 is 12.2 Å². The number of hydrogen-bond donors (Lipinski definition) is 2. The van der Waals surface area contributed by atoms with Crippen molar-refractivity contribution in [3.05, 3.63) is 82.9 Å². The highest BCUT2D eigenvalue weighted by molar-refractivity contribution is 6.75. The maximum Gasteiger partial charge on any atom is 0.414 e. The number of fused-ring (bicyclic) bond motifs is 2. The van der Waals surface area contributed by atoms with Crippen molar-refractivity contribution in [2.75, 3.05) is 45.8 Å². The van der Waals surface area contributed by atoms with Gasteiger partial charge < -0.3 is 29.9 Å². The number of ether oxygens (including phenoxy) is 2. The van der Waals surface area contributed by atoms with E-state index in [1.807, 2.05) is 20.7 Å². The van der Waals surface area contributed by atoms with Crippen LogP contribution in [0.5, 0.6) is 0 Å². The summed E-state index contributed by atoms with van der Waals surface area (Å²) >= 11 is 0. The second-order valence-corrected chi connectivity index (χ2v) is 29.7. The summed E-state index contributed by atoms with van der Waals surface area (Å²) in [6.45, 7) is 20.0. The summed E-state index contributed by atoms with van der Waals surface area (Å²) < 4.78 is 44.6. The molecule has 2 aromatic carbocycles. The highest BCUT2D eigenvalue weighted by Gasteiger charge is 2.35. The molecule has 0 aliphatic carbocycles. The van der Waals surface area contributed by atoms with Gasteiger partial charge in [-0.2, -0.15) is 10.2 Å². The number of anilines is 4. The molecule has 0 spiro atoms. The molecule has 4 amide bonds. The SMILES string of the molecule is CC(=O)NC[C@H]1CN(c2ccc(N3Cc4cn(C[Si](C)(C)C)nc4C3)c(F)c2)C(=O)O1.CC(=O)NC[C@H]1CN(c2ccc(N3Cc4cnn(C[Si](C)(C)C)c4C3)c(F)c2)C(=O)O1. The molecule has 2 fully saturated rings. The van der Waals surface area contributed by atoms with Crippen molar-refractivity contribution in [3.8, 4) is 0 Å². The van der Waals surface area contributed by atoms with Crippen LogP contribution in [0.1, 0.15) is 36.4 Å². The Balaban J connectivity index is 0.000000186. The molecule has 4 aliphatic rings. The molecule has 20 heteroatoms. The standard InChI is InChI=1S/2C21H28FN5O3Si/c1-14(28)23-8-17-11-27(21(29)30-17)16-5-6-20(18(22)7-16)25-9-15-10-26(13-31(2,3)4)24-19(15)12-25;1-14(28)23-9-17-11-26(21(29)30-17)16-5-6-19(18(22)7-16)25-10-15-8-24-27(20(15)12-25)13-31(2,3)4/h5-7,10,17H,8-9,11-13H2,1-4H3,(H,23,28);5-8,17H,9-13H2,1-4H3,(H,23,28)/t2*17-/m00/s1. The van der Waals surface area contributed by atoms with Crippen LogP contribution in [0.15, 0.2) is 48.8 Å². The van der Waals surface area contributed by atoms with E-state index in [1.54, 1.807) is 24.3 Å². The van der Waals surface area contributed by atoms with E-state index in [0.29, 0.717) is 48.9 Å². The molecule has 2 atom stereocenters. The van der Waals surface area contributed by atoms with Gasteiger partial charge in [0.1, 0.15) is 23.8 Å². The lowest BCUT2D eigenvalue weighted by molar-refractivity contribution is -0.120. The van der Waals surface area contributed by atoms with Gasteiger partial charge in [0.2, 0.25) is 11.8 Å². The molecule has 4 aliphatic heterocycles. The summed E-state index contributed by atoms with van der Waals surface area (Å²) in [6.07, 6.45) is 3.88. The average Bonchev–Trinajstić information content (AvgIpc) is 4.02. The largest absolute Gasteiger partial charge is 0.442 e. The molecule has 62 heavy (non-hydrogen) atoms. The Morgan fingerprint density at radius 1 is 0.726 bits per heavy atom. The van der Waals surface area contributed by atoms with Gasteiger partial charge in [0.15, 0.2) is 0 Å². The normalized spacial score (nSPS) is 18.4. The minimum Gasteiger partial charge on any atom is -0.442 e. The molecule has 0 unspecified atom stereocenters. The Hall–Kier alpha value is -5.77. The fourth-order valence-electron chi connectivity index (χ4n) is 7.94. The van der Waals surface area contributed by atoms with Crippen LogP contribution in [0.3, 0.4) is 0 Å². The van der Waals surface area contributed by atoms with E-state index in [4.69, 9.17) is 14.6 Å². The monoisotopic (exact) mass is 890 g/mol. The Kier molecular flexibility index (Phi) is 12.5. The van der Waals surface area contributed by atoms with Crippen molar-refractivity contribution in [1.82, 2.24) is 30.2 Å². The number of benzene rings is 2. The van der Waals surface area contributed by atoms with Gasteiger partial charge in [-0.15, -0.1) is 0 Å². The van der Waals surface area contributed by atoms with Crippen molar-refractivity contribution < 1.29 is 37.4 Å². The van der Waals surface area contributed by atoms with Gasteiger partial charge in [-0.3, -0.25) is 28.8 Å². The first kappa shape index (κ1) is 44.3. The third-order valence-electron chi connectivity index (χ3n) is 10.7. The summed E-state index contributed by atoms with van der Waals surface area (Å²) in [5.41, 5.74) is 6.27. The van der Waals surface area contributed by atoms with Crippen LogP contribution in [0.2, 0.25) is 39.3 Å². The molecule has 16 nitrogen and oxygen atoms in total. The molecule has 332 valence electrons. The molecule has 0 bridgehead atoms. The Morgan fingerprint density at radius 3 is 1.69 bits per heavy atom. The number of hydrogen-bond acceptors (Lipinski definition) is 10. The number of carbonyl (C=O) groups is 4. The van der Waals surface area contributed by atoms with Crippen LogP contribution < -0.4 is 30.2 Å². The molecule has 6 heterocycles. The molecule has 2 saturated heterocycles. The average molecular weight is 891 g/mol. The van der Waals surface area contributed by atoms with Gasteiger partial charge in [0, 0.05) is 56.6 Å². The van der Waals surface area contributed by atoms with Crippen molar-refractivity contribution in [2.45, 2.75) is 104 Å². The van der Waals surface area contributed by atoms with E-state index in [2.05, 4.69) is 65.9 Å². The Morgan fingerprint density at radius 2 is 1.23 bits per heavy atom. The van der Waals surface area contributed by atoms with E-state index in [1.165, 1.54) is 35.8 Å². The maximum atomic E-state index is 15.0. The van der Waals surface area contributed by atoms with Gasteiger partial charge in [-0.05, 0) is 36.4 Å². The van der Waals surface area contributed by atoms with Crippen LogP contribution in [-0.2, 0) is 57.6 Å². The van der Waals surface area contributed by atoms with Gasteiger partial charge in [0.25, 0.3) is 0 Å². The summed E-state index contributed by atoms with van der Waals surface area (Å²) in [5, 5.41) is 14.5. The van der Waals surface area contributed by atoms with E-state index in [-0.39, 0.29) is 43.8 Å². The number of cyclic esters (lactones) is 2. The zero-order chi connectivity index (χ0) is 44.7. The van der Waals surface area contributed by atoms with Crippen LogP contribution >= 0.6 is 0 Å². The highest BCUT2D eigenvalue weighted by atomic mass is 28.3. The number of rotatable bonds is 12. The van der Waals surface area contributed by atoms with Gasteiger partial charge in [-0.25, -0.2) is 18.4 Å². The van der Waals surface area contributed by atoms with E-state index < -0.39 is 46.4 Å². The van der Waals surface area contributed by atoms with Crippen molar-refractivity contribution in [3.63, 3.8) is 0 Å². The van der Waals surface area contributed by atoms with Crippen LogP contribution in [0, 0.1) is 11.6 Å². The lowest BCUT2D eigenvalue weighted by Gasteiger charge is -2.22. The summed E-state index contributed by atoms with van der Waals surface area (Å²) in [5.74, 6) is -1.16. The van der Waals surface area contributed by atoms with E-state index in [0.717, 1.165) is 34.9 Å². The molecular weight excluding hydrogens is 835 g/mol. The smallest absolute Gasteiger partial charge is 0.414 e. The minimum atomic E-state index is -1.33. The van der Waals surface area contributed by atoms with Crippen LogP contribution in [0.25, 0.3) is 0 Å². The predicted octanol–water partition coefficient (Wildman–Crippen LogP) is 5.76. The lowest BCUT2D eigenvalue weighted by Crippen LogP contribution is -2.33. The lowest BCUT2D eigenvalue weighted by atomic mass is 10.2.